The van der Waals surface area contributed by atoms with E-state index < -0.39 is 0 Å². The summed E-state index contributed by atoms with van der Waals surface area (Å²) < 4.78 is 1.40. The molecule has 64 valence electrons. The Balaban J connectivity index is 2.42. The molecule has 0 heterocycles. The quantitative estimate of drug-likeness (QED) is 0.720. The van der Waals surface area contributed by atoms with Gasteiger partial charge in [0.1, 0.15) is 0 Å². The van der Waals surface area contributed by atoms with Crippen molar-refractivity contribution in [1.82, 2.24) is 0 Å². The van der Waals surface area contributed by atoms with Crippen LogP contribution in [0.3, 0.4) is 0 Å². The van der Waals surface area contributed by atoms with Crippen LogP contribution in [0.1, 0.15) is 17.5 Å². The van der Waals surface area contributed by atoms with Crippen LogP contribution in [0.15, 0.2) is 18.2 Å². The molecule has 0 saturated heterocycles. The van der Waals surface area contributed by atoms with Crippen LogP contribution in [0, 0.1) is 3.57 Å². The number of halogens is 1. The lowest BCUT2D eigenvalue weighted by molar-refractivity contribution is 0.575. The second-order valence-corrected chi connectivity index (χ2v) is 4.54. The van der Waals surface area contributed by atoms with Crippen LogP contribution >= 0.6 is 22.6 Å². The van der Waals surface area contributed by atoms with Crippen LogP contribution < -0.4 is 5.73 Å². The monoisotopic (exact) mass is 273 g/mol. The molecule has 2 N–H and O–H groups in total. The Morgan fingerprint density at radius 3 is 3.08 bits per heavy atom. The van der Waals surface area contributed by atoms with Crippen LogP contribution in [-0.4, -0.2) is 6.04 Å². The summed E-state index contributed by atoms with van der Waals surface area (Å²) in [6, 6.07) is 6.89. The number of hydrogen-bond donors (Lipinski definition) is 1. The van der Waals surface area contributed by atoms with Crippen molar-refractivity contribution in [2.24, 2.45) is 5.73 Å². The van der Waals surface area contributed by atoms with E-state index in [0.29, 0.717) is 6.04 Å². The number of hydrogen-bond acceptors (Lipinski definition) is 1. The molecule has 1 aliphatic carbocycles. The van der Waals surface area contributed by atoms with Crippen LogP contribution in [0.25, 0.3) is 0 Å². The molecule has 2 heteroatoms. The molecule has 0 aliphatic heterocycles. The second-order valence-electron chi connectivity index (χ2n) is 3.38. The summed E-state index contributed by atoms with van der Waals surface area (Å²) in [6.07, 6.45) is 3.37. The molecule has 0 aromatic heterocycles. The van der Waals surface area contributed by atoms with Crippen LogP contribution in [-0.2, 0) is 12.8 Å². The maximum absolute atomic E-state index is 5.90. The van der Waals surface area contributed by atoms with Gasteiger partial charge in [-0.3, -0.25) is 0 Å². The van der Waals surface area contributed by atoms with E-state index in [2.05, 4.69) is 40.8 Å². The van der Waals surface area contributed by atoms with Gasteiger partial charge in [0.05, 0.1) is 0 Å². The summed E-state index contributed by atoms with van der Waals surface area (Å²) in [5.74, 6) is 0. The molecule has 1 aliphatic rings. The van der Waals surface area contributed by atoms with E-state index in [0.717, 1.165) is 19.3 Å². The van der Waals surface area contributed by atoms with Gasteiger partial charge in [-0.1, -0.05) is 12.1 Å². The van der Waals surface area contributed by atoms with Gasteiger partial charge in [-0.15, -0.1) is 0 Å². The SMILES string of the molecule is N[C@@H]1CCc2c(I)cccc2C1. The Kier molecular flexibility index (Phi) is 2.37. The van der Waals surface area contributed by atoms with Crippen molar-refractivity contribution in [1.29, 1.82) is 0 Å². The molecule has 0 unspecified atom stereocenters. The molecule has 12 heavy (non-hydrogen) atoms. The van der Waals surface area contributed by atoms with Crippen molar-refractivity contribution in [3.05, 3.63) is 32.9 Å². The molecular weight excluding hydrogens is 261 g/mol. The number of fused-ring (bicyclic) bond motifs is 1. The third-order valence-electron chi connectivity index (χ3n) is 2.46. The minimum Gasteiger partial charge on any atom is -0.327 e. The first-order valence-electron chi connectivity index (χ1n) is 4.29. The first-order chi connectivity index (χ1) is 5.77. The molecule has 1 aromatic carbocycles. The zero-order valence-electron chi connectivity index (χ0n) is 6.89. The van der Waals surface area contributed by atoms with Crippen molar-refractivity contribution < 1.29 is 0 Å². The molecule has 0 bridgehead atoms. The second kappa shape index (κ2) is 3.34. The maximum Gasteiger partial charge on any atom is 0.0165 e. The van der Waals surface area contributed by atoms with E-state index in [1.54, 1.807) is 0 Å². The number of rotatable bonds is 0. The fourth-order valence-corrected chi connectivity index (χ4v) is 2.61. The normalized spacial score (nSPS) is 22.0. The molecular formula is C10H12IN. The van der Waals surface area contributed by atoms with Gasteiger partial charge in [0.2, 0.25) is 0 Å². The molecule has 0 spiro atoms. The minimum absolute atomic E-state index is 0.385. The first-order valence-corrected chi connectivity index (χ1v) is 5.37. The van der Waals surface area contributed by atoms with Crippen LogP contribution in [0.4, 0.5) is 0 Å². The zero-order chi connectivity index (χ0) is 8.55. The van der Waals surface area contributed by atoms with Gasteiger partial charge in [0, 0.05) is 9.61 Å². The molecule has 0 fully saturated rings. The summed E-state index contributed by atoms with van der Waals surface area (Å²) >= 11 is 2.41. The molecule has 1 atom stereocenters. The van der Waals surface area contributed by atoms with Crippen molar-refractivity contribution in [3.8, 4) is 0 Å². The summed E-state index contributed by atoms with van der Waals surface area (Å²) in [4.78, 5) is 0. The topological polar surface area (TPSA) is 26.0 Å². The highest BCUT2D eigenvalue weighted by Crippen LogP contribution is 2.24. The van der Waals surface area contributed by atoms with E-state index in [1.807, 2.05) is 0 Å². The lowest BCUT2D eigenvalue weighted by Crippen LogP contribution is -2.28. The summed E-state index contributed by atoms with van der Waals surface area (Å²) in [5, 5.41) is 0. The fourth-order valence-electron chi connectivity index (χ4n) is 1.79. The average molecular weight is 273 g/mol. The summed E-state index contributed by atoms with van der Waals surface area (Å²) in [6.45, 7) is 0. The first kappa shape index (κ1) is 8.51. The Bertz CT molecular complexity index is 296. The molecule has 0 amide bonds. The van der Waals surface area contributed by atoms with Gasteiger partial charge in [0.25, 0.3) is 0 Å². The lowest BCUT2D eigenvalue weighted by Gasteiger charge is -2.22. The number of benzene rings is 1. The standard InChI is InChI=1S/C10H12IN/c11-10-3-1-2-7-6-8(12)4-5-9(7)10/h1-3,8H,4-6,12H2/t8-/m1/s1. The third kappa shape index (κ3) is 1.50. The highest BCUT2D eigenvalue weighted by atomic mass is 127. The van der Waals surface area contributed by atoms with E-state index in [1.165, 1.54) is 14.7 Å². The highest BCUT2D eigenvalue weighted by molar-refractivity contribution is 14.1. The van der Waals surface area contributed by atoms with Gasteiger partial charge in [0.15, 0.2) is 0 Å². The molecule has 2 rings (SSSR count). The van der Waals surface area contributed by atoms with Crippen molar-refractivity contribution >= 4 is 22.6 Å². The average Bonchev–Trinajstić information content (AvgIpc) is 2.04. The zero-order valence-corrected chi connectivity index (χ0v) is 9.04. The lowest BCUT2D eigenvalue weighted by atomic mass is 9.89. The Morgan fingerprint density at radius 1 is 1.42 bits per heavy atom. The summed E-state index contributed by atoms with van der Waals surface area (Å²) in [5.41, 5.74) is 8.88. The van der Waals surface area contributed by atoms with Gasteiger partial charge >= 0.3 is 0 Å². The Hall–Kier alpha value is -0.0900. The van der Waals surface area contributed by atoms with Crippen molar-refractivity contribution in [3.63, 3.8) is 0 Å². The maximum atomic E-state index is 5.90. The molecule has 1 nitrogen and oxygen atoms in total. The van der Waals surface area contributed by atoms with E-state index in [-0.39, 0.29) is 0 Å². The van der Waals surface area contributed by atoms with E-state index in [4.69, 9.17) is 5.73 Å². The van der Waals surface area contributed by atoms with Crippen molar-refractivity contribution in [2.45, 2.75) is 25.3 Å². The highest BCUT2D eigenvalue weighted by Gasteiger charge is 2.16. The minimum atomic E-state index is 0.385. The fraction of sp³-hybridized carbons (Fsp3) is 0.400. The van der Waals surface area contributed by atoms with E-state index >= 15 is 0 Å². The predicted octanol–water partition coefficient (Wildman–Crippen LogP) is 2.11. The van der Waals surface area contributed by atoms with Gasteiger partial charge in [-0.2, -0.15) is 0 Å². The van der Waals surface area contributed by atoms with E-state index in [9.17, 15) is 0 Å². The smallest absolute Gasteiger partial charge is 0.0165 e. The number of nitrogens with two attached hydrogens (primary N) is 1. The molecule has 0 radical (unpaired) electrons. The summed E-state index contributed by atoms with van der Waals surface area (Å²) in [7, 11) is 0. The van der Waals surface area contributed by atoms with Gasteiger partial charge in [-0.05, 0) is 59.0 Å². The van der Waals surface area contributed by atoms with Gasteiger partial charge in [-0.25, -0.2) is 0 Å². The van der Waals surface area contributed by atoms with Crippen LogP contribution in [0.5, 0.6) is 0 Å². The molecule has 1 aromatic rings. The van der Waals surface area contributed by atoms with Gasteiger partial charge < -0.3 is 5.73 Å². The largest absolute Gasteiger partial charge is 0.327 e. The molecule has 0 saturated carbocycles. The third-order valence-corrected chi connectivity index (χ3v) is 3.47. The van der Waals surface area contributed by atoms with Crippen LogP contribution in [0.2, 0.25) is 0 Å². The Morgan fingerprint density at radius 2 is 2.25 bits per heavy atom. The van der Waals surface area contributed by atoms with Crippen molar-refractivity contribution in [2.75, 3.05) is 0 Å². The predicted molar refractivity (Wildman–Crippen MR) is 59.2 cm³/mol. The Labute approximate surface area is 86.5 Å².